The first-order valence-electron chi connectivity index (χ1n) is 5.86. The van der Waals surface area contributed by atoms with Crippen molar-refractivity contribution in [3.63, 3.8) is 0 Å². The van der Waals surface area contributed by atoms with Gasteiger partial charge >= 0.3 is 5.97 Å². The fraction of sp³-hybridized carbons (Fsp3) is 0.833. The third-order valence-corrected chi connectivity index (χ3v) is 1.68. The predicted octanol–water partition coefficient (Wildman–Crippen LogP) is 0.501. The quantitative estimate of drug-likeness (QED) is 0.280. The van der Waals surface area contributed by atoms with Crippen molar-refractivity contribution in [3.05, 3.63) is 0 Å². The zero-order valence-corrected chi connectivity index (χ0v) is 11.2. The molecule has 0 bridgehead atoms. The molecule has 0 radical (unpaired) electrons. The minimum Gasteiger partial charge on any atom is -0.466 e. The van der Waals surface area contributed by atoms with Crippen LogP contribution in [-0.2, 0) is 23.8 Å². The molecule has 0 aromatic heterocycles. The first-order valence-corrected chi connectivity index (χ1v) is 5.86. The van der Waals surface area contributed by atoms with Crippen LogP contribution in [0.15, 0.2) is 0 Å². The molecule has 0 aromatic carbocycles. The van der Waals surface area contributed by atoms with Gasteiger partial charge in [-0.25, -0.2) is 0 Å². The summed E-state index contributed by atoms with van der Waals surface area (Å²) in [6.07, 6.45) is -1.62. The zero-order valence-electron chi connectivity index (χ0n) is 11.2. The lowest BCUT2D eigenvalue weighted by molar-refractivity contribution is -0.191. The van der Waals surface area contributed by atoms with E-state index in [0.29, 0.717) is 0 Å². The first kappa shape index (κ1) is 19.9. The van der Waals surface area contributed by atoms with Crippen molar-refractivity contribution in [3.8, 4) is 0 Å². The van der Waals surface area contributed by atoms with E-state index in [1.807, 2.05) is 0 Å². The second kappa shape index (κ2) is 10.5. The number of Topliss-reactive ketones (excluding diaryl/α,β-unsaturated/α-hetero) is 1. The van der Waals surface area contributed by atoms with Crippen LogP contribution in [0.1, 0.15) is 41.0 Å². The summed E-state index contributed by atoms with van der Waals surface area (Å²) < 4.78 is 15.3. The van der Waals surface area contributed by atoms with E-state index in [0.717, 1.165) is 0 Å². The van der Waals surface area contributed by atoms with Gasteiger partial charge in [-0.2, -0.15) is 0 Å². The van der Waals surface area contributed by atoms with Gasteiger partial charge in [0, 0.05) is 0 Å². The van der Waals surface area contributed by atoms with E-state index < -0.39 is 18.0 Å². The van der Waals surface area contributed by atoms with Crippen LogP contribution in [-0.4, -0.2) is 54.2 Å². The van der Waals surface area contributed by atoms with E-state index in [2.05, 4.69) is 0 Å². The first-order chi connectivity index (χ1) is 7.86. The Morgan fingerprint density at radius 2 is 1.44 bits per heavy atom. The minimum absolute atomic E-state index is 0. The van der Waals surface area contributed by atoms with E-state index in [-0.39, 0.29) is 42.6 Å². The summed E-state index contributed by atoms with van der Waals surface area (Å²) in [4.78, 5) is 22.9. The number of hydrogen-bond donors (Lipinski definition) is 0. The number of esters is 1. The largest absolute Gasteiger partial charge is 0.466 e. The molecule has 0 atom stereocenters. The van der Waals surface area contributed by atoms with Gasteiger partial charge in [-0.15, -0.1) is 0 Å². The van der Waals surface area contributed by atoms with Crippen molar-refractivity contribution < 1.29 is 23.8 Å². The molecular formula is C12H25AlO5. The molecule has 0 aliphatic rings. The maximum Gasteiger partial charge on any atom is 0.313 e. The zero-order chi connectivity index (χ0) is 13.4. The van der Waals surface area contributed by atoms with Crippen LogP contribution >= 0.6 is 0 Å². The lowest BCUT2D eigenvalue weighted by Gasteiger charge is -2.21. The number of carbonyl (C=O) groups is 2. The van der Waals surface area contributed by atoms with Crippen molar-refractivity contribution in [1.29, 1.82) is 0 Å². The van der Waals surface area contributed by atoms with Gasteiger partial charge in [-0.05, 0) is 34.6 Å². The molecule has 0 aliphatic heterocycles. The molecule has 0 aromatic rings. The second-order valence-electron chi connectivity index (χ2n) is 4.15. The molecule has 0 N–H and O–H groups in total. The SMILES string of the molecule is CCOC(=O)CC(=O)C(OC(C)C)OC(C)C.[AlH3]. The third kappa shape index (κ3) is 9.61. The Hall–Kier alpha value is -0.408. The van der Waals surface area contributed by atoms with Gasteiger partial charge in [-0.1, -0.05) is 0 Å². The Kier molecular flexibility index (Phi) is 11.6. The van der Waals surface area contributed by atoms with Gasteiger partial charge in [0.15, 0.2) is 23.1 Å². The summed E-state index contributed by atoms with van der Waals surface area (Å²) in [5, 5.41) is 0. The molecule has 0 aliphatic carbocycles. The molecule has 0 saturated heterocycles. The highest BCUT2D eigenvalue weighted by Gasteiger charge is 2.25. The van der Waals surface area contributed by atoms with E-state index in [1.54, 1.807) is 34.6 Å². The second-order valence-corrected chi connectivity index (χ2v) is 4.15. The smallest absolute Gasteiger partial charge is 0.313 e. The van der Waals surface area contributed by atoms with Crippen molar-refractivity contribution in [2.24, 2.45) is 0 Å². The molecule has 0 unspecified atom stereocenters. The average molecular weight is 276 g/mol. The fourth-order valence-electron chi connectivity index (χ4n) is 1.12. The predicted molar refractivity (Wildman–Crippen MR) is 72.4 cm³/mol. The normalized spacial score (nSPS) is 10.7. The minimum atomic E-state index is -1.00. The van der Waals surface area contributed by atoms with E-state index in [9.17, 15) is 9.59 Å². The summed E-state index contributed by atoms with van der Waals surface area (Å²) in [5.74, 6) is -0.965. The average Bonchev–Trinajstić information content (AvgIpc) is 2.15. The van der Waals surface area contributed by atoms with Gasteiger partial charge in [0.25, 0.3) is 0 Å². The molecule has 18 heavy (non-hydrogen) atoms. The number of rotatable bonds is 8. The van der Waals surface area contributed by atoms with Crippen molar-refractivity contribution in [2.75, 3.05) is 6.61 Å². The Balaban J connectivity index is 0. The van der Waals surface area contributed by atoms with Crippen LogP contribution in [0.4, 0.5) is 0 Å². The van der Waals surface area contributed by atoms with Gasteiger partial charge < -0.3 is 14.2 Å². The van der Waals surface area contributed by atoms with Crippen LogP contribution in [0, 0.1) is 0 Å². The molecule has 6 heteroatoms. The molecule has 0 heterocycles. The molecular weight excluding hydrogens is 251 g/mol. The summed E-state index contributed by atoms with van der Waals surface area (Å²) in [5.41, 5.74) is 0. The Morgan fingerprint density at radius 1 is 1.00 bits per heavy atom. The number of hydrogen-bond acceptors (Lipinski definition) is 5. The maximum absolute atomic E-state index is 11.7. The van der Waals surface area contributed by atoms with Gasteiger partial charge in [0.2, 0.25) is 6.29 Å². The molecule has 5 nitrogen and oxygen atoms in total. The molecule has 0 rings (SSSR count). The molecule has 0 amide bonds. The van der Waals surface area contributed by atoms with Crippen LogP contribution in [0.3, 0.4) is 0 Å². The number of ketones is 1. The number of carbonyl (C=O) groups excluding carboxylic acids is 2. The molecule has 0 fully saturated rings. The Labute approximate surface area is 119 Å². The van der Waals surface area contributed by atoms with Crippen molar-refractivity contribution in [1.82, 2.24) is 0 Å². The van der Waals surface area contributed by atoms with E-state index in [4.69, 9.17) is 14.2 Å². The monoisotopic (exact) mass is 276 g/mol. The lowest BCUT2D eigenvalue weighted by atomic mass is 10.2. The molecule has 0 saturated carbocycles. The van der Waals surface area contributed by atoms with Gasteiger partial charge in [0.1, 0.15) is 6.42 Å². The summed E-state index contributed by atoms with van der Waals surface area (Å²) in [6, 6.07) is 0. The lowest BCUT2D eigenvalue weighted by Crippen LogP contribution is -2.34. The molecule has 106 valence electrons. The van der Waals surface area contributed by atoms with E-state index in [1.165, 1.54) is 0 Å². The summed E-state index contributed by atoms with van der Waals surface area (Å²) >= 11 is 0. The van der Waals surface area contributed by atoms with Gasteiger partial charge in [-0.3, -0.25) is 9.59 Å². The fourth-order valence-corrected chi connectivity index (χ4v) is 1.12. The van der Waals surface area contributed by atoms with E-state index >= 15 is 0 Å². The third-order valence-electron chi connectivity index (χ3n) is 1.68. The molecule has 0 spiro atoms. The van der Waals surface area contributed by atoms with Crippen molar-refractivity contribution in [2.45, 2.75) is 59.5 Å². The summed E-state index contributed by atoms with van der Waals surface area (Å²) in [6.45, 7) is 9.15. The maximum atomic E-state index is 11.7. The van der Waals surface area contributed by atoms with Crippen molar-refractivity contribution >= 4 is 29.1 Å². The van der Waals surface area contributed by atoms with Gasteiger partial charge in [0.05, 0.1) is 18.8 Å². The highest BCUT2D eigenvalue weighted by molar-refractivity contribution is 5.97. The van der Waals surface area contributed by atoms with Crippen LogP contribution in [0.2, 0.25) is 0 Å². The summed E-state index contributed by atoms with van der Waals surface area (Å²) in [7, 11) is 0. The Morgan fingerprint density at radius 3 is 1.78 bits per heavy atom. The standard InChI is InChI=1S/C12H22O5.Al.3H/c1-6-15-11(14)7-10(13)12(16-8(2)3)17-9(4)5;;;;/h8-9,12H,6-7H2,1-5H3;;;;. The highest BCUT2D eigenvalue weighted by Crippen LogP contribution is 2.08. The Bertz CT molecular complexity index is 243. The van der Waals surface area contributed by atoms with Crippen LogP contribution in [0.25, 0.3) is 0 Å². The topological polar surface area (TPSA) is 61.8 Å². The number of ether oxygens (including phenoxy) is 3. The van der Waals surface area contributed by atoms with Crippen LogP contribution < -0.4 is 0 Å². The van der Waals surface area contributed by atoms with Crippen LogP contribution in [0.5, 0.6) is 0 Å². The highest BCUT2D eigenvalue weighted by atomic mass is 27.0.